The second kappa shape index (κ2) is 23.2. The van der Waals surface area contributed by atoms with Gasteiger partial charge < -0.3 is 18.6 Å². The fourth-order valence-corrected chi connectivity index (χ4v) is 18.9. The molecule has 4 saturated heterocycles. The van der Waals surface area contributed by atoms with E-state index in [0.29, 0.717) is 109 Å². The first-order valence-corrected chi connectivity index (χ1v) is 36.6. The second-order valence-corrected chi connectivity index (χ2v) is 31.7. The second-order valence-electron chi connectivity index (χ2n) is 23.7. The Hall–Kier alpha value is -7.76. The SMILES string of the molecule is Cc1cnn(C)c1-c1cnc2c3c(N4CCCS4(=O)=O)ccc(S(C)(=O)=O)c3n(C(c3ncccc3F)C3CCOCC3)c2c1.Cc1cnn(C)c1-c1cnc2c3c(N4CCCS4(=O)=O)ccc(S(C)(=O)=O)c3n(C(c3ncccc3F)C3CCOCC3)c2c1. The van der Waals surface area contributed by atoms with Crippen molar-refractivity contribution in [1.82, 2.24) is 48.6 Å². The van der Waals surface area contributed by atoms with Crippen molar-refractivity contribution in [3.05, 3.63) is 132 Å². The van der Waals surface area contributed by atoms with Gasteiger partial charge in [-0.1, -0.05) is 0 Å². The summed E-state index contributed by atoms with van der Waals surface area (Å²) >= 11 is 0. The molecule has 4 fully saturated rings. The van der Waals surface area contributed by atoms with Gasteiger partial charge in [-0.3, -0.25) is 37.9 Å². The first kappa shape index (κ1) is 61.1. The van der Waals surface area contributed by atoms with Crippen molar-refractivity contribution in [2.45, 2.75) is 74.2 Å². The van der Waals surface area contributed by atoms with Gasteiger partial charge >= 0.3 is 0 Å². The zero-order chi connectivity index (χ0) is 63.3. The molecule has 28 heteroatoms. The Kier molecular flexibility index (Phi) is 15.7. The summed E-state index contributed by atoms with van der Waals surface area (Å²) in [6, 6.07) is 14.1. The summed E-state index contributed by atoms with van der Waals surface area (Å²) in [5.74, 6) is -1.40. The number of benzene rings is 2. The van der Waals surface area contributed by atoms with E-state index in [1.165, 1.54) is 57.4 Å². The van der Waals surface area contributed by atoms with Gasteiger partial charge in [-0.25, -0.2) is 42.5 Å². The van der Waals surface area contributed by atoms with Gasteiger partial charge in [0.25, 0.3) is 0 Å². The Balaban J connectivity index is 0.000000165. The molecule has 22 nitrogen and oxygen atoms in total. The summed E-state index contributed by atoms with van der Waals surface area (Å²) < 4.78 is 160. The third kappa shape index (κ3) is 10.6. The van der Waals surface area contributed by atoms with E-state index in [1.807, 2.05) is 49.2 Å². The molecule has 472 valence electrons. The van der Waals surface area contributed by atoms with Crippen LogP contribution in [0.5, 0.6) is 0 Å². The number of sulfone groups is 2. The van der Waals surface area contributed by atoms with Gasteiger partial charge in [0, 0.05) is 102 Å². The van der Waals surface area contributed by atoms with Crippen LogP contribution < -0.4 is 8.61 Å². The minimum absolute atomic E-state index is 0.00232. The lowest BCUT2D eigenvalue weighted by atomic mass is 9.88. The predicted molar refractivity (Wildman–Crippen MR) is 338 cm³/mol. The number of hydrogen-bond acceptors (Lipinski definition) is 16. The highest BCUT2D eigenvalue weighted by Crippen LogP contribution is 2.49. The van der Waals surface area contributed by atoms with E-state index in [-0.39, 0.29) is 68.6 Å². The largest absolute Gasteiger partial charge is 0.381 e. The van der Waals surface area contributed by atoms with Gasteiger partial charge in [0.05, 0.1) is 124 Å². The molecule has 10 aromatic rings. The van der Waals surface area contributed by atoms with E-state index in [0.717, 1.165) is 46.2 Å². The summed E-state index contributed by atoms with van der Waals surface area (Å²) in [6.45, 7) is 6.23. The van der Waals surface area contributed by atoms with Crippen molar-refractivity contribution in [1.29, 1.82) is 0 Å². The molecule has 0 aliphatic carbocycles. The first-order valence-electron chi connectivity index (χ1n) is 29.6. The predicted octanol–water partition coefficient (Wildman–Crippen LogP) is 8.78. The third-order valence-corrected chi connectivity index (χ3v) is 23.9. The Bertz CT molecular complexity index is 4650. The van der Waals surface area contributed by atoms with Crippen molar-refractivity contribution < 1.29 is 51.9 Å². The van der Waals surface area contributed by atoms with Crippen molar-refractivity contribution in [2.75, 3.05) is 72.1 Å². The van der Waals surface area contributed by atoms with Crippen LogP contribution in [-0.2, 0) is 63.3 Å². The van der Waals surface area contributed by atoms with Gasteiger partial charge in [0.1, 0.15) is 11.6 Å². The summed E-state index contributed by atoms with van der Waals surface area (Å²) in [5, 5.41) is 9.56. The van der Waals surface area contributed by atoms with Crippen LogP contribution in [0.4, 0.5) is 20.2 Å². The highest BCUT2D eigenvalue weighted by Gasteiger charge is 2.41. The van der Waals surface area contributed by atoms with Crippen LogP contribution in [0.25, 0.3) is 66.4 Å². The van der Waals surface area contributed by atoms with Crippen molar-refractivity contribution in [3.8, 4) is 22.5 Å². The van der Waals surface area contributed by atoms with E-state index < -0.39 is 63.4 Å². The number of aryl methyl sites for hydroxylation is 4. The Labute approximate surface area is 519 Å². The lowest BCUT2D eigenvalue weighted by Gasteiger charge is -2.33. The summed E-state index contributed by atoms with van der Waals surface area (Å²) in [6.07, 6.45) is 15.4. The van der Waals surface area contributed by atoms with Crippen LogP contribution in [0.3, 0.4) is 0 Å². The molecule has 0 amide bonds. The maximum atomic E-state index is 15.8. The topological polar surface area (TPSA) is 259 Å². The molecular weight excluding hydrogens is 1240 g/mol. The van der Waals surface area contributed by atoms with Gasteiger partial charge in [-0.15, -0.1) is 0 Å². The number of hydrogen-bond donors (Lipinski definition) is 0. The van der Waals surface area contributed by atoms with Crippen LogP contribution in [-0.4, -0.2) is 146 Å². The molecule has 0 saturated carbocycles. The van der Waals surface area contributed by atoms with Gasteiger partial charge in [-0.05, 0) is 136 Å². The smallest absolute Gasteiger partial charge is 0.235 e. The highest BCUT2D eigenvalue weighted by atomic mass is 32.2. The van der Waals surface area contributed by atoms with Crippen LogP contribution in [0.2, 0.25) is 0 Å². The molecule has 12 heterocycles. The zero-order valence-corrected chi connectivity index (χ0v) is 53.6. The van der Waals surface area contributed by atoms with E-state index in [1.54, 1.807) is 46.3 Å². The molecule has 2 unspecified atom stereocenters. The fourth-order valence-electron chi connectivity index (χ4n) is 14.0. The quantitative estimate of drug-likeness (QED) is 0.111. The summed E-state index contributed by atoms with van der Waals surface area (Å²) in [7, 11) is -11.4. The maximum absolute atomic E-state index is 15.8. The highest BCUT2D eigenvalue weighted by molar-refractivity contribution is 7.93. The standard InChI is InChI=1S/2C31H33FN6O5S2/c2*1-19-17-35-36(2)29(19)21-16-24-28(34-18-21)26-23(37-12-5-15-45(37,41)42)7-8-25(44(3,39)40)31(26)38(24)30(20-9-13-43-14-10-20)27-22(32)6-4-11-33-27/h2*4,6-8,11,16-18,20,30H,5,9-10,12-15H2,1-3H3. The fraction of sp³-hybridized carbons (Fsp3) is 0.387. The van der Waals surface area contributed by atoms with E-state index in [9.17, 15) is 33.7 Å². The number of ether oxygens (including phenoxy) is 2. The Morgan fingerprint density at radius 1 is 0.556 bits per heavy atom. The van der Waals surface area contributed by atoms with E-state index >= 15 is 8.78 Å². The van der Waals surface area contributed by atoms with Crippen LogP contribution in [0, 0.1) is 37.3 Å². The molecule has 8 aromatic heterocycles. The minimum Gasteiger partial charge on any atom is -0.381 e. The number of aromatic nitrogens is 10. The molecule has 4 aliphatic rings. The molecule has 90 heavy (non-hydrogen) atoms. The summed E-state index contributed by atoms with van der Waals surface area (Å²) in [4.78, 5) is 18.8. The van der Waals surface area contributed by atoms with Crippen LogP contribution >= 0.6 is 0 Å². The molecule has 0 N–H and O–H groups in total. The van der Waals surface area contributed by atoms with Gasteiger partial charge in [0.2, 0.25) is 20.0 Å². The van der Waals surface area contributed by atoms with Crippen molar-refractivity contribution in [3.63, 3.8) is 0 Å². The van der Waals surface area contributed by atoms with Crippen molar-refractivity contribution in [2.24, 2.45) is 25.9 Å². The number of nitrogens with zero attached hydrogens (tertiary/aromatic N) is 12. The van der Waals surface area contributed by atoms with Crippen LogP contribution in [0.1, 0.15) is 73.1 Å². The first-order chi connectivity index (χ1) is 42.9. The lowest BCUT2D eigenvalue weighted by molar-refractivity contribution is 0.0541. The monoisotopic (exact) mass is 1300 g/mol. The van der Waals surface area contributed by atoms with Gasteiger partial charge in [0.15, 0.2) is 19.7 Å². The van der Waals surface area contributed by atoms with Gasteiger partial charge in [-0.2, -0.15) is 10.2 Å². The number of halogens is 2. The third-order valence-electron chi connectivity index (χ3n) is 17.9. The average molecular weight is 1310 g/mol. The molecular formula is C62H66F2N12O10S4. The minimum atomic E-state index is -3.86. The molecule has 0 spiro atoms. The molecule has 14 rings (SSSR count). The molecule has 0 bridgehead atoms. The molecule has 4 aliphatic heterocycles. The number of fused-ring (bicyclic) bond motifs is 6. The molecule has 2 aromatic carbocycles. The number of anilines is 2. The zero-order valence-electron chi connectivity index (χ0n) is 50.3. The molecule has 0 radical (unpaired) electrons. The van der Waals surface area contributed by atoms with E-state index in [4.69, 9.17) is 19.4 Å². The normalized spacial score (nSPS) is 18.3. The van der Waals surface area contributed by atoms with E-state index in [2.05, 4.69) is 20.2 Å². The molecule has 2 atom stereocenters. The lowest BCUT2D eigenvalue weighted by Crippen LogP contribution is -2.29. The number of sulfonamides is 2. The Morgan fingerprint density at radius 2 is 0.944 bits per heavy atom. The van der Waals surface area contributed by atoms with Crippen molar-refractivity contribution >= 4 is 95.0 Å². The van der Waals surface area contributed by atoms with Crippen LogP contribution in [0.15, 0.2) is 108 Å². The Morgan fingerprint density at radius 3 is 1.27 bits per heavy atom. The number of rotatable bonds is 12. The average Bonchev–Trinajstić information content (AvgIpc) is 1.55. The number of pyridine rings is 4. The summed E-state index contributed by atoms with van der Waals surface area (Å²) in [5.41, 5.74) is 8.44. The maximum Gasteiger partial charge on any atom is 0.235 e.